The van der Waals surface area contributed by atoms with Crippen LogP contribution in [0.4, 0.5) is 0 Å². The van der Waals surface area contributed by atoms with E-state index in [4.69, 9.17) is 11.5 Å². The lowest BCUT2D eigenvalue weighted by atomic mass is 10.1. The van der Waals surface area contributed by atoms with Crippen LogP contribution in [0.25, 0.3) is 0 Å². The van der Waals surface area contributed by atoms with E-state index < -0.39 is 0 Å². The third kappa shape index (κ3) is 5.74. The van der Waals surface area contributed by atoms with Gasteiger partial charge in [0.15, 0.2) is 0 Å². The second-order valence-corrected chi connectivity index (χ2v) is 4.74. The molecule has 0 heterocycles. The molecule has 4 N–H and O–H groups in total. The molecule has 0 aliphatic carbocycles. The number of hydrogen-bond donors (Lipinski definition) is 2. The van der Waals surface area contributed by atoms with Crippen molar-refractivity contribution in [1.29, 1.82) is 0 Å². The number of amides is 1. The minimum absolute atomic E-state index is 0.0740. The highest BCUT2D eigenvalue weighted by molar-refractivity contribution is 5.74. The molecule has 0 aromatic carbocycles. The molecule has 1 amide bonds. The lowest BCUT2D eigenvalue weighted by molar-refractivity contribution is -0.119. The number of carbonyl (C=O) groups excluding carboxylic acids is 1. The van der Waals surface area contributed by atoms with Gasteiger partial charge in [0.2, 0.25) is 5.91 Å². The Hall–Kier alpha value is -0.610. The zero-order valence-electron chi connectivity index (χ0n) is 10.4. The van der Waals surface area contributed by atoms with Crippen molar-refractivity contribution in [3.05, 3.63) is 0 Å². The Morgan fingerprint density at radius 1 is 1.27 bits per heavy atom. The van der Waals surface area contributed by atoms with Crippen molar-refractivity contribution in [2.24, 2.45) is 17.4 Å². The Morgan fingerprint density at radius 3 is 2.07 bits per heavy atom. The van der Waals surface area contributed by atoms with Crippen molar-refractivity contribution >= 4 is 5.91 Å². The molecule has 0 aromatic rings. The van der Waals surface area contributed by atoms with Gasteiger partial charge in [-0.1, -0.05) is 13.8 Å². The third-order valence-corrected chi connectivity index (χ3v) is 2.42. The Balaban J connectivity index is 4.47. The summed E-state index contributed by atoms with van der Waals surface area (Å²) < 4.78 is 0. The van der Waals surface area contributed by atoms with Crippen molar-refractivity contribution in [1.82, 2.24) is 4.90 Å². The molecule has 0 saturated heterocycles. The maximum atomic E-state index is 10.9. The fourth-order valence-corrected chi connectivity index (χ4v) is 1.77. The summed E-state index contributed by atoms with van der Waals surface area (Å²) >= 11 is 0. The Bertz CT molecular complexity index is 192. The van der Waals surface area contributed by atoms with Gasteiger partial charge in [0.25, 0.3) is 0 Å². The third-order valence-electron chi connectivity index (χ3n) is 2.42. The minimum atomic E-state index is -0.278. The largest absolute Gasteiger partial charge is 0.370 e. The Labute approximate surface area is 93.0 Å². The highest BCUT2D eigenvalue weighted by Gasteiger charge is 2.22. The molecule has 0 radical (unpaired) electrons. The second-order valence-electron chi connectivity index (χ2n) is 4.74. The van der Waals surface area contributed by atoms with Crippen LogP contribution < -0.4 is 11.5 Å². The summed E-state index contributed by atoms with van der Waals surface area (Å²) in [6.45, 7) is 9.99. The van der Waals surface area contributed by atoms with Gasteiger partial charge in [-0.05, 0) is 19.8 Å². The number of hydrogen-bond acceptors (Lipinski definition) is 3. The van der Waals surface area contributed by atoms with Gasteiger partial charge in [0.05, 0.1) is 0 Å². The summed E-state index contributed by atoms with van der Waals surface area (Å²) in [5, 5.41) is 0. The highest BCUT2D eigenvalue weighted by atomic mass is 16.1. The van der Waals surface area contributed by atoms with Crippen molar-refractivity contribution in [2.45, 2.75) is 46.2 Å². The SMILES string of the molecule is CC(C)CN(C(C)C)C(CN)CC(N)=O. The van der Waals surface area contributed by atoms with Crippen LogP contribution in [0.3, 0.4) is 0 Å². The second kappa shape index (κ2) is 6.80. The van der Waals surface area contributed by atoms with Crippen LogP contribution in [-0.2, 0) is 4.79 Å². The van der Waals surface area contributed by atoms with E-state index in [1.54, 1.807) is 0 Å². The van der Waals surface area contributed by atoms with Crippen LogP contribution in [0, 0.1) is 5.92 Å². The fourth-order valence-electron chi connectivity index (χ4n) is 1.77. The molecule has 4 heteroatoms. The monoisotopic (exact) mass is 215 g/mol. The first kappa shape index (κ1) is 14.4. The van der Waals surface area contributed by atoms with Gasteiger partial charge in [-0.15, -0.1) is 0 Å². The molecule has 1 atom stereocenters. The number of carbonyl (C=O) groups is 1. The lowest BCUT2D eigenvalue weighted by Gasteiger charge is -2.35. The van der Waals surface area contributed by atoms with E-state index in [2.05, 4.69) is 32.6 Å². The predicted molar refractivity (Wildman–Crippen MR) is 63.3 cm³/mol. The summed E-state index contributed by atoms with van der Waals surface area (Å²) in [5.41, 5.74) is 10.9. The maximum Gasteiger partial charge on any atom is 0.219 e. The van der Waals surface area contributed by atoms with Crippen molar-refractivity contribution in [3.63, 3.8) is 0 Å². The molecular weight excluding hydrogens is 190 g/mol. The molecule has 0 spiro atoms. The van der Waals surface area contributed by atoms with Crippen LogP contribution in [-0.4, -0.2) is 36.0 Å². The molecule has 4 nitrogen and oxygen atoms in total. The van der Waals surface area contributed by atoms with E-state index in [-0.39, 0.29) is 11.9 Å². The van der Waals surface area contributed by atoms with Crippen LogP contribution in [0.5, 0.6) is 0 Å². The Morgan fingerprint density at radius 2 is 1.80 bits per heavy atom. The molecule has 0 rings (SSSR count). The molecule has 15 heavy (non-hydrogen) atoms. The van der Waals surface area contributed by atoms with E-state index in [9.17, 15) is 4.79 Å². The first-order chi connectivity index (χ1) is 6.88. The molecule has 90 valence electrons. The molecule has 0 fully saturated rings. The molecule has 0 saturated carbocycles. The lowest BCUT2D eigenvalue weighted by Crippen LogP contribution is -2.48. The quantitative estimate of drug-likeness (QED) is 0.651. The number of rotatable bonds is 7. The van der Waals surface area contributed by atoms with Crippen LogP contribution in [0.15, 0.2) is 0 Å². The van der Waals surface area contributed by atoms with Crippen molar-refractivity contribution in [2.75, 3.05) is 13.1 Å². The minimum Gasteiger partial charge on any atom is -0.370 e. The first-order valence-electron chi connectivity index (χ1n) is 5.62. The van der Waals surface area contributed by atoms with Gasteiger partial charge < -0.3 is 11.5 Å². The zero-order chi connectivity index (χ0) is 12.0. The van der Waals surface area contributed by atoms with E-state index in [1.165, 1.54) is 0 Å². The summed E-state index contributed by atoms with van der Waals surface area (Å²) in [7, 11) is 0. The summed E-state index contributed by atoms with van der Waals surface area (Å²) in [5.74, 6) is 0.286. The first-order valence-corrected chi connectivity index (χ1v) is 5.62. The number of nitrogens with zero attached hydrogens (tertiary/aromatic N) is 1. The van der Waals surface area contributed by atoms with Gasteiger partial charge in [-0.2, -0.15) is 0 Å². The number of primary amides is 1. The smallest absolute Gasteiger partial charge is 0.219 e. The van der Waals surface area contributed by atoms with Gasteiger partial charge in [0, 0.05) is 31.6 Å². The Kier molecular flexibility index (Phi) is 6.52. The molecular formula is C11H25N3O. The normalized spacial score (nSPS) is 13.9. The van der Waals surface area contributed by atoms with Gasteiger partial charge in [0.1, 0.15) is 0 Å². The van der Waals surface area contributed by atoms with Crippen molar-refractivity contribution in [3.8, 4) is 0 Å². The summed E-state index contributed by atoms with van der Waals surface area (Å²) in [4.78, 5) is 13.2. The molecule has 0 bridgehead atoms. The van der Waals surface area contributed by atoms with E-state index >= 15 is 0 Å². The van der Waals surface area contributed by atoms with E-state index in [0.717, 1.165) is 6.54 Å². The van der Waals surface area contributed by atoms with Gasteiger partial charge in [-0.3, -0.25) is 9.69 Å². The van der Waals surface area contributed by atoms with Crippen molar-refractivity contribution < 1.29 is 4.79 Å². The summed E-state index contributed by atoms with van der Waals surface area (Å²) in [6.07, 6.45) is 0.349. The van der Waals surface area contributed by atoms with E-state index in [1.807, 2.05) is 0 Å². The maximum absolute atomic E-state index is 10.9. The molecule has 0 aromatic heterocycles. The number of nitrogens with two attached hydrogens (primary N) is 2. The average Bonchev–Trinajstić information content (AvgIpc) is 2.09. The molecule has 0 aliphatic heterocycles. The fraction of sp³-hybridized carbons (Fsp3) is 0.909. The van der Waals surface area contributed by atoms with Crippen LogP contribution in [0.1, 0.15) is 34.1 Å². The summed E-state index contributed by atoms with van der Waals surface area (Å²) in [6, 6.07) is 0.463. The topological polar surface area (TPSA) is 72.3 Å². The van der Waals surface area contributed by atoms with Gasteiger partial charge in [-0.25, -0.2) is 0 Å². The average molecular weight is 215 g/mol. The van der Waals surface area contributed by atoms with E-state index in [0.29, 0.717) is 24.9 Å². The highest BCUT2D eigenvalue weighted by Crippen LogP contribution is 2.11. The molecule has 1 unspecified atom stereocenters. The van der Waals surface area contributed by atoms with Crippen LogP contribution in [0.2, 0.25) is 0 Å². The predicted octanol–water partition coefficient (Wildman–Crippen LogP) is 0.556. The standard InChI is InChI=1S/C11H25N3O/c1-8(2)7-14(9(3)4)10(6-12)5-11(13)15/h8-10H,5-7,12H2,1-4H3,(H2,13,15). The zero-order valence-corrected chi connectivity index (χ0v) is 10.4. The molecule has 0 aliphatic rings. The van der Waals surface area contributed by atoms with Crippen LogP contribution >= 0.6 is 0 Å². The van der Waals surface area contributed by atoms with Gasteiger partial charge >= 0.3 is 0 Å².